The standard InChI is InChI=1S/C17H24BFN2O5/c1-17(2,3)26-16(22)21-5-4-20-8-11-6-14(19)13(18(23)24)7-15(11)25-10-12(20)9-21/h6-7,12,23-24H,4-5,8-10H2,1-3H3/t12-/m1/s1. The van der Waals surface area contributed by atoms with Crippen LogP contribution in [0.25, 0.3) is 0 Å². The molecule has 0 unspecified atom stereocenters. The minimum Gasteiger partial charge on any atom is -0.492 e. The van der Waals surface area contributed by atoms with Crippen LogP contribution in [0.1, 0.15) is 26.3 Å². The molecule has 26 heavy (non-hydrogen) atoms. The van der Waals surface area contributed by atoms with Crippen molar-refractivity contribution < 1.29 is 28.7 Å². The van der Waals surface area contributed by atoms with Gasteiger partial charge in [-0.1, -0.05) is 0 Å². The van der Waals surface area contributed by atoms with E-state index in [-0.39, 0.29) is 17.6 Å². The predicted molar refractivity (Wildman–Crippen MR) is 93.7 cm³/mol. The third-order valence-corrected chi connectivity index (χ3v) is 4.52. The highest BCUT2D eigenvalue weighted by Gasteiger charge is 2.35. The lowest BCUT2D eigenvalue weighted by atomic mass is 9.79. The number of rotatable bonds is 1. The molecule has 9 heteroatoms. The molecule has 0 spiro atoms. The van der Waals surface area contributed by atoms with Crippen LogP contribution in [0, 0.1) is 5.82 Å². The Hall–Kier alpha value is -1.84. The first-order valence-corrected chi connectivity index (χ1v) is 8.67. The highest BCUT2D eigenvalue weighted by molar-refractivity contribution is 6.58. The number of amides is 1. The molecule has 2 N–H and O–H groups in total. The van der Waals surface area contributed by atoms with Gasteiger partial charge in [-0.05, 0) is 32.9 Å². The Balaban J connectivity index is 1.73. The third-order valence-electron chi connectivity index (χ3n) is 4.52. The number of hydrogen-bond donors (Lipinski definition) is 2. The molecule has 0 aliphatic carbocycles. The molecule has 0 aromatic heterocycles. The Kier molecular flexibility index (Phi) is 5.14. The van der Waals surface area contributed by atoms with Crippen LogP contribution >= 0.6 is 0 Å². The molecular formula is C17H24BFN2O5. The van der Waals surface area contributed by atoms with E-state index in [2.05, 4.69) is 4.90 Å². The molecule has 7 nitrogen and oxygen atoms in total. The second kappa shape index (κ2) is 7.05. The van der Waals surface area contributed by atoms with Crippen LogP contribution in [0.5, 0.6) is 5.75 Å². The van der Waals surface area contributed by atoms with Gasteiger partial charge in [0.2, 0.25) is 0 Å². The zero-order valence-corrected chi connectivity index (χ0v) is 15.2. The van der Waals surface area contributed by atoms with E-state index in [1.165, 1.54) is 12.1 Å². The maximum Gasteiger partial charge on any atom is 0.491 e. The molecule has 2 aliphatic heterocycles. The van der Waals surface area contributed by atoms with E-state index in [0.717, 1.165) is 0 Å². The van der Waals surface area contributed by atoms with Gasteiger partial charge in [0.1, 0.15) is 23.8 Å². The summed E-state index contributed by atoms with van der Waals surface area (Å²) in [7, 11) is -1.89. The Bertz CT molecular complexity index is 694. The van der Waals surface area contributed by atoms with Crippen molar-refractivity contribution in [2.45, 2.75) is 39.0 Å². The Morgan fingerprint density at radius 2 is 2.08 bits per heavy atom. The number of benzene rings is 1. The van der Waals surface area contributed by atoms with Crippen molar-refractivity contribution in [3.8, 4) is 5.75 Å². The first kappa shape index (κ1) is 18.9. The smallest absolute Gasteiger partial charge is 0.491 e. The number of nitrogens with zero attached hydrogens (tertiary/aromatic N) is 2. The van der Waals surface area contributed by atoms with Gasteiger partial charge < -0.3 is 24.4 Å². The van der Waals surface area contributed by atoms with Crippen LogP contribution in [0.2, 0.25) is 0 Å². The maximum atomic E-state index is 14.0. The van der Waals surface area contributed by atoms with Gasteiger partial charge in [-0.15, -0.1) is 0 Å². The van der Waals surface area contributed by atoms with E-state index in [0.29, 0.717) is 44.1 Å². The van der Waals surface area contributed by atoms with E-state index in [4.69, 9.17) is 9.47 Å². The number of fused-ring (bicyclic) bond motifs is 2. The van der Waals surface area contributed by atoms with Crippen LogP contribution in [0.4, 0.5) is 9.18 Å². The molecule has 2 aliphatic rings. The molecule has 1 aromatic rings. The van der Waals surface area contributed by atoms with Crippen LogP contribution < -0.4 is 10.2 Å². The molecule has 0 bridgehead atoms. The summed E-state index contributed by atoms with van der Waals surface area (Å²) in [5.41, 5.74) is -0.108. The zero-order chi connectivity index (χ0) is 19.1. The second-order valence-electron chi connectivity index (χ2n) is 7.72. The van der Waals surface area contributed by atoms with E-state index in [1.807, 2.05) is 20.8 Å². The molecular weight excluding hydrogens is 342 g/mol. The van der Waals surface area contributed by atoms with Gasteiger partial charge in [-0.3, -0.25) is 4.90 Å². The van der Waals surface area contributed by atoms with E-state index >= 15 is 0 Å². The number of carbonyl (C=O) groups excluding carboxylic acids is 1. The molecule has 3 rings (SSSR count). The number of ether oxygens (including phenoxy) is 2. The van der Waals surface area contributed by atoms with Crippen LogP contribution in [0.3, 0.4) is 0 Å². The Morgan fingerprint density at radius 3 is 2.73 bits per heavy atom. The van der Waals surface area contributed by atoms with Gasteiger partial charge in [0.25, 0.3) is 0 Å². The summed E-state index contributed by atoms with van der Waals surface area (Å²) in [6.45, 7) is 7.88. The summed E-state index contributed by atoms with van der Waals surface area (Å²) in [4.78, 5) is 16.1. The molecule has 0 radical (unpaired) electrons. The molecule has 1 amide bonds. The van der Waals surface area contributed by atoms with Crippen molar-refractivity contribution in [2.75, 3.05) is 26.2 Å². The molecule has 1 fully saturated rings. The second-order valence-corrected chi connectivity index (χ2v) is 7.72. The van der Waals surface area contributed by atoms with E-state index in [9.17, 15) is 19.2 Å². The van der Waals surface area contributed by atoms with Crippen molar-refractivity contribution in [2.24, 2.45) is 0 Å². The quantitative estimate of drug-likeness (QED) is 0.697. The summed E-state index contributed by atoms with van der Waals surface area (Å²) < 4.78 is 25.3. The monoisotopic (exact) mass is 366 g/mol. The molecule has 1 aromatic carbocycles. The van der Waals surface area contributed by atoms with E-state index in [1.54, 1.807) is 4.90 Å². The summed E-state index contributed by atoms with van der Waals surface area (Å²) in [5, 5.41) is 18.5. The van der Waals surface area contributed by atoms with Crippen LogP contribution in [-0.4, -0.2) is 70.9 Å². The Labute approximate surface area is 152 Å². The summed E-state index contributed by atoms with van der Waals surface area (Å²) in [6, 6.07) is 2.57. The van der Waals surface area contributed by atoms with Gasteiger partial charge in [0, 0.05) is 37.2 Å². The minimum absolute atomic E-state index is 0.0470. The van der Waals surface area contributed by atoms with Gasteiger partial charge in [0.15, 0.2) is 0 Å². The third kappa shape index (κ3) is 4.11. The molecule has 0 saturated carbocycles. The summed E-state index contributed by atoms with van der Waals surface area (Å²) >= 11 is 0. The largest absolute Gasteiger partial charge is 0.492 e. The SMILES string of the molecule is CC(C)(C)OC(=O)N1CCN2Cc3cc(F)c(B(O)O)cc3OC[C@H]2C1. The van der Waals surface area contributed by atoms with Crippen molar-refractivity contribution in [1.82, 2.24) is 9.80 Å². The normalized spacial score (nSPS) is 20.5. The number of halogens is 1. The highest BCUT2D eigenvalue weighted by atomic mass is 19.1. The first-order chi connectivity index (χ1) is 12.1. The van der Waals surface area contributed by atoms with Gasteiger partial charge >= 0.3 is 13.2 Å². The molecule has 1 saturated heterocycles. The molecule has 142 valence electrons. The van der Waals surface area contributed by atoms with E-state index < -0.39 is 18.5 Å². The zero-order valence-electron chi connectivity index (χ0n) is 15.2. The fourth-order valence-electron chi connectivity index (χ4n) is 3.22. The molecule has 1 atom stereocenters. The average molecular weight is 366 g/mol. The van der Waals surface area contributed by atoms with Crippen molar-refractivity contribution in [3.05, 3.63) is 23.5 Å². The lowest BCUT2D eigenvalue weighted by Gasteiger charge is -2.40. The fourth-order valence-corrected chi connectivity index (χ4v) is 3.22. The average Bonchev–Trinajstić information content (AvgIpc) is 2.70. The predicted octanol–water partition coefficient (Wildman–Crippen LogP) is 0.319. The summed E-state index contributed by atoms with van der Waals surface area (Å²) in [6.07, 6.45) is -0.351. The number of hydrogen-bond acceptors (Lipinski definition) is 6. The minimum atomic E-state index is -1.89. The highest BCUT2D eigenvalue weighted by Crippen LogP contribution is 2.27. The summed E-state index contributed by atoms with van der Waals surface area (Å²) in [5.74, 6) is -0.235. The van der Waals surface area contributed by atoms with Crippen LogP contribution in [-0.2, 0) is 11.3 Å². The van der Waals surface area contributed by atoms with Gasteiger partial charge in [-0.2, -0.15) is 0 Å². The lowest BCUT2D eigenvalue weighted by molar-refractivity contribution is -0.00154. The maximum absolute atomic E-state index is 14.0. The van der Waals surface area contributed by atoms with Gasteiger partial charge in [0.05, 0.1) is 6.04 Å². The van der Waals surface area contributed by atoms with Crippen molar-refractivity contribution >= 4 is 18.7 Å². The lowest BCUT2D eigenvalue weighted by Crippen LogP contribution is -2.56. The topological polar surface area (TPSA) is 82.5 Å². The fraction of sp³-hybridized carbons (Fsp3) is 0.588. The molecule has 2 heterocycles. The Morgan fingerprint density at radius 1 is 1.35 bits per heavy atom. The van der Waals surface area contributed by atoms with Gasteiger partial charge in [-0.25, -0.2) is 9.18 Å². The number of piperazine rings is 1. The number of carbonyl (C=O) groups is 1. The van der Waals surface area contributed by atoms with Crippen molar-refractivity contribution in [1.29, 1.82) is 0 Å². The first-order valence-electron chi connectivity index (χ1n) is 8.67. The van der Waals surface area contributed by atoms with Crippen LogP contribution in [0.15, 0.2) is 12.1 Å². The van der Waals surface area contributed by atoms with Crippen molar-refractivity contribution in [3.63, 3.8) is 0 Å².